The van der Waals surface area contributed by atoms with Crippen LogP contribution in [-0.2, 0) is 10.1 Å². The van der Waals surface area contributed by atoms with Gasteiger partial charge < -0.3 is 0 Å². The molecular formula is C17H20BrNO5S. The van der Waals surface area contributed by atoms with Crippen LogP contribution in [0.25, 0.3) is 0 Å². The fraction of sp³-hybridized carbons (Fsp3) is 0.647. The molecule has 8 heteroatoms. The summed E-state index contributed by atoms with van der Waals surface area (Å²) in [4.78, 5) is 10.5. The Labute approximate surface area is 155 Å². The Bertz CT molecular complexity index is 826. The van der Waals surface area contributed by atoms with Crippen LogP contribution in [0, 0.1) is 39.7 Å². The van der Waals surface area contributed by atoms with E-state index in [1.165, 1.54) is 18.6 Å². The molecule has 6 nitrogen and oxygen atoms in total. The summed E-state index contributed by atoms with van der Waals surface area (Å²) >= 11 is 3.62. The highest BCUT2D eigenvalue weighted by Crippen LogP contribution is 2.63. The van der Waals surface area contributed by atoms with Gasteiger partial charge in [0.25, 0.3) is 15.8 Å². The normalized spacial score (nSPS) is 36.6. The van der Waals surface area contributed by atoms with Gasteiger partial charge in [0.15, 0.2) is 0 Å². The summed E-state index contributed by atoms with van der Waals surface area (Å²) in [5, 5.41) is 12.1. The zero-order chi connectivity index (χ0) is 17.9. The maximum absolute atomic E-state index is 11.9. The van der Waals surface area contributed by atoms with Gasteiger partial charge in [0.05, 0.1) is 9.82 Å². The average Bonchev–Trinajstić information content (AvgIpc) is 2.53. The second-order valence-corrected chi connectivity index (χ2v) is 9.83. The van der Waals surface area contributed by atoms with Gasteiger partial charge in [-0.2, -0.15) is 8.42 Å². The van der Waals surface area contributed by atoms with Gasteiger partial charge >= 0.3 is 0 Å². The first-order valence-electron chi connectivity index (χ1n) is 8.61. The molecule has 4 aliphatic carbocycles. The molecule has 0 amide bonds. The Morgan fingerprint density at radius 2 is 1.92 bits per heavy atom. The molecule has 1 aromatic carbocycles. The SMILES string of the molecule is O=[N+]([O-])c1ccc(S(=O)(=O)O)c([C@@H]2[C@H]3C[C@H]4C[C@@H](C3)[C@H](CBr)[C@H]2C4)c1. The van der Waals surface area contributed by atoms with Crippen LogP contribution in [0.1, 0.15) is 37.2 Å². The van der Waals surface area contributed by atoms with Crippen LogP contribution < -0.4 is 0 Å². The Balaban J connectivity index is 1.85. The zero-order valence-corrected chi connectivity index (χ0v) is 15.9. The van der Waals surface area contributed by atoms with E-state index in [1.807, 2.05) is 0 Å². The van der Waals surface area contributed by atoms with E-state index < -0.39 is 15.0 Å². The molecule has 1 aromatic rings. The molecule has 4 bridgehead atoms. The molecule has 0 aliphatic heterocycles. The largest absolute Gasteiger partial charge is 0.294 e. The van der Waals surface area contributed by atoms with Crippen molar-refractivity contribution < 1.29 is 17.9 Å². The minimum atomic E-state index is -4.42. The lowest BCUT2D eigenvalue weighted by molar-refractivity contribution is -0.385. The smallest absolute Gasteiger partial charge is 0.282 e. The lowest BCUT2D eigenvalue weighted by atomic mass is 9.47. The molecule has 1 N–H and O–H groups in total. The van der Waals surface area contributed by atoms with Gasteiger partial charge in [-0.15, -0.1) is 0 Å². The number of nitro benzene ring substituents is 1. The summed E-state index contributed by atoms with van der Waals surface area (Å²) in [7, 11) is -4.42. The van der Waals surface area contributed by atoms with Crippen LogP contribution in [0.2, 0.25) is 0 Å². The van der Waals surface area contributed by atoms with Gasteiger partial charge in [-0.25, -0.2) is 0 Å². The van der Waals surface area contributed by atoms with E-state index in [9.17, 15) is 23.1 Å². The number of hydrogen-bond donors (Lipinski definition) is 1. The molecule has 0 spiro atoms. The molecule has 25 heavy (non-hydrogen) atoms. The van der Waals surface area contributed by atoms with Crippen molar-refractivity contribution in [3.8, 4) is 0 Å². The van der Waals surface area contributed by atoms with Crippen molar-refractivity contribution in [1.29, 1.82) is 0 Å². The van der Waals surface area contributed by atoms with Crippen molar-refractivity contribution in [3.05, 3.63) is 33.9 Å². The first kappa shape index (κ1) is 17.4. The highest BCUT2D eigenvalue weighted by atomic mass is 79.9. The number of nitrogens with zero attached hydrogens (tertiary/aromatic N) is 1. The van der Waals surface area contributed by atoms with Crippen LogP contribution in [0.15, 0.2) is 23.1 Å². The third kappa shape index (κ3) is 2.82. The lowest BCUT2D eigenvalue weighted by Gasteiger charge is -2.58. The van der Waals surface area contributed by atoms with E-state index >= 15 is 0 Å². The molecular weight excluding hydrogens is 410 g/mol. The molecule has 0 radical (unpaired) electrons. The van der Waals surface area contributed by atoms with Crippen molar-refractivity contribution in [2.75, 3.05) is 5.33 Å². The standard InChI is InChI=1S/C17H20BrNO5S/c18-8-15-10-3-9-4-11(6-10)17(13(15)5-9)14-7-12(19(20)21)1-2-16(14)25(22,23)24/h1-2,7,9-11,13,15,17H,3-6,8H2,(H,22,23,24)/t9-,10+,11+,13-,15+,17-/m1/s1. The summed E-state index contributed by atoms with van der Waals surface area (Å²) < 4.78 is 33.5. The van der Waals surface area contributed by atoms with Crippen LogP contribution in [0.4, 0.5) is 5.69 Å². The van der Waals surface area contributed by atoms with Gasteiger partial charge in [-0.05, 0) is 72.8 Å². The summed E-state index contributed by atoms with van der Waals surface area (Å²) in [5.41, 5.74) is 0.322. The Hall–Kier alpha value is -0.990. The second kappa shape index (κ2) is 6.03. The molecule has 4 aliphatic rings. The topological polar surface area (TPSA) is 97.5 Å². The van der Waals surface area contributed by atoms with Gasteiger partial charge in [0.2, 0.25) is 0 Å². The number of hydrogen-bond acceptors (Lipinski definition) is 4. The molecule has 0 unspecified atom stereocenters. The maximum atomic E-state index is 11.9. The number of nitro groups is 1. The molecule has 0 heterocycles. The van der Waals surface area contributed by atoms with Gasteiger partial charge in [-0.3, -0.25) is 14.7 Å². The van der Waals surface area contributed by atoms with Crippen molar-refractivity contribution in [1.82, 2.24) is 0 Å². The van der Waals surface area contributed by atoms with E-state index in [0.29, 0.717) is 35.2 Å². The van der Waals surface area contributed by atoms with E-state index in [-0.39, 0.29) is 16.5 Å². The minimum absolute atomic E-state index is 0.0350. The number of rotatable bonds is 4. The molecule has 4 saturated carbocycles. The van der Waals surface area contributed by atoms with Gasteiger partial charge in [0.1, 0.15) is 0 Å². The Morgan fingerprint density at radius 1 is 1.20 bits per heavy atom. The van der Waals surface area contributed by atoms with Crippen LogP contribution >= 0.6 is 15.9 Å². The zero-order valence-electron chi connectivity index (χ0n) is 13.5. The number of alkyl halides is 1. The monoisotopic (exact) mass is 429 g/mol. The van der Waals surface area contributed by atoms with Crippen molar-refractivity contribution in [2.45, 2.75) is 36.5 Å². The van der Waals surface area contributed by atoms with Crippen LogP contribution in [0.5, 0.6) is 0 Å². The molecule has 4 fully saturated rings. The summed E-state index contributed by atoms with van der Waals surface area (Å²) in [5.74, 6) is 2.44. The van der Waals surface area contributed by atoms with Crippen molar-refractivity contribution in [3.63, 3.8) is 0 Å². The fourth-order valence-electron chi connectivity index (χ4n) is 5.91. The number of non-ortho nitro benzene ring substituents is 1. The predicted molar refractivity (Wildman–Crippen MR) is 95.4 cm³/mol. The van der Waals surface area contributed by atoms with Gasteiger partial charge in [0, 0.05) is 17.5 Å². The first-order chi connectivity index (χ1) is 11.8. The summed E-state index contributed by atoms with van der Waals surface area (Å²) in [6.07, 6.45) is 4.39. The molecule has 5 rings (SSSR count). The highest BCUT2D eigenvalue weighted by Gasteiger charge is 2.54. The third-order valence-electron chi connectivity index (χ3n) is 6.63. The maximum Gasteiger partial charge on any atom is 0.294 e. The summed E-state index contributed by atoms with van der Waals surface area (Å²) in [6.45, 7) is 0. The van der Waals surface area contributed by atoms with Crippen molar-refractivity contribution in [2.24, 2.45) is 29.6 Å². The summed E-state index contributed by atoms with van der Waals surface area (Å²) in [6, 6.07) is 3.73. The first-order valence-corrected chi connectivity index (χ1v) is 11.2. The third-order valence-corrected chi connectivity index (χ3v) is 8.30. The van der Waals surface area contributed by atoms with Crippen molar-refractivity contribution >= 4 is 31.7 Å². The van der Waals surface area contributed by atoms with Crippen LogP contribution in [-0.4, -0.2) is 23.2 Å². The Morgan fingerprint density at radius 3 is 2.56 bits per heavy atom. The molecule has 136 valence electrons. The molecule has 6 atom stereocenters. The molecule has 0 aromatic heterocycles. The fourth-order valence-corrected chi connectivity index (χ4v) is 7.65. The van der Waals surface area contributed by atoms with Gasteiger partial charge in [-0.1, -0.05) is 15.9 Å². The van der Waals surface area contributed by atoms with E-state index in [4.69, 9.17) is 0 Å². The second-order valence-electron chi connectivity index (χ2n) is 7.79. The molecule has 0 saturated heterocycles. The minimum Gasteiger partial charge on any atom is -0.282 e. The average molecular weight is 430 g/mol. The predicted octanol–water partition coefficient (Wildman–Crippen LogP) is 4.00. The number of benzene rings is 1. The number of halogens is 1. The van der Waals surface area contributed by atoms with Crippen LogP contribution in [0.3, 0.4) is 0 Å². The Kier molecular flexibility index (Phi) is 4.20. The van der Waals surface area contributed by atoms with E-state index in [1.54, 1.807) is 0 Å². The van der Waals surface area contributed by atoms with E-state index in [2.05, 4.69) is 15.9 Å². The lowest BCUT2D eigenvalue weighted by Crippen LogP contribution is -2.50. The van der Waals surface area contributed by atoms with E-state index in [0.717, 1.165) is 30.7 Å². The quantitative estimate of drug-likeness (QED) is 0.337. The highest BCUT2D eigenvalue weighted by molar-refractivity contribution is 9.09.